The van der Waals surface area contributed by atoms with Crippen LogP contribution in [-0.2, 0) is 0 Å². The summed E-state index contributed by atoms with van der Waals surface area (Å²) in [6.07, 6.45) is 1.19. The van der Waals surface area contributed by atoms with Gasteiger partial charge in [0, 0.05) is 10.2 Å². The summed E-state index contributed by atoms with van der Waals surface area (Å²) in [4.78, 5) is 18.1. The van der Waals surface area contributed by atoms with Gasteiger partial charge in [0.15, 0.2) is 0 Å². The molecule has 0 amide bonds. The fraction of sp³-hybridized carbons (Fsp3) is 0.0909. The molecule has 0 spiro atoms. The average Bonchev–Trinajstić information content (AvgIpc) is 2.42. The number of nitrogens with one attached hydrogen (secondary N) is 2. The Labute approximate surface area is 122 Å². The number of nitro groups is 1. The lowest BCUT2D eigenvalue weighted by Crippen LogP contribution is -2.12. The highest BCUT2D eigenvalue weighted by atomic mass is 79.9. The Kier molecular flexibility index (Phi) is 4.11. The maximum Gasteiger partial charge on any atom is 0.354 e. The largest absolute Gasteiger partial charge is 0.354 e. The molecule has 8 nitrogen and oxygen atoms in total. The molecule has 0 aliphatic heterocycles. The SMILES string of the molecule is Cc1cc(Nc2ncnc(NN)c2[N+](=O)[O-])ccc1Br. The monoisotopic (exact) mass is 338 g/mol. The Bertz CT molecular complexity index is 663. The molecule has 1 aromatic carbocycles. The first kappa shape index (κ1) is 14.2. The van der Waals surface area contributed by atoms with Crippen LogP contribution < -0.4 is 16.6 Å². The minimum atomic E-state index is -0.594. The number of hydrogen-bond acceptors (Lipinski definition) is 7. The quantitative estimate of drug-likeness (QED) is 0.445. The number of hydrazine groups is 1. The summed E-state index contributed by atoms with van der Waals surface area (Å²) in [7, 11) is 0. The van der Waals surface area contributed by atoms with Crippen molar-refractivity contribution in [3.05, 3.63) is 44.7 Å². The summed E-state index contributed by atoms with van der Waals surface area (Å²) in [5, 5.41) is 14.0. The van der Waals surface area contributed by atoms with Crippen LogP contribution in [0.4, 0.5) is 23.0 Å². The molecule has 1 aromatic heterocycles. The molecular formula is C11H11BrN6O2. The highest BCUT2D eigenvalue weighted by molar-refractivity contribution is 9.10. The van der Waals surface area contributed by atoms with E-state index in [1.54, 1.807) is 6.07 Å². The lowest BCUT2D eigenvalue weighted by atomic mass is 10.2. The third-order valence-corrected chi connectivity index (χ3v) is 3.45. The van der Waals surface area contributed by atoms with Crippen LogP contribution in [0.1, 0.15) is 5.56 Å². The molecule has 9 heteroatoms. The molecule has 0 saturated carbocycles. The molecule has 0 unspecified atom stereocenters. The number of nitrogen functional groups attached to an aromatic ring is 1. The molecular weight excluding hydrogens is 328 g/mol. The molecule has 0 saturated heterocycles. The predicted octanol–water partition coefficient (Wildman–Crippen LogP) is 2.48. The van der Waals surface area contributed by atoms with Gasteiger partial charge in [-0.1, -0.05) is 15.9 Å². The summed E-state index contributed by atoms with van der Waals surface area (Å²) in [5.74, 6) is 5.23. The standard InChI is InChI=1S/C11H11BrN6O2/c1-6-4-7(2-3-8(6)12)16-10-9(18(19)20)11(17-13)15-5-14-10/h2-5H,13H2,1H3,(H2,14,15,16,17). The van der Waals surface area contributed by atoms with Crippen LogP contribution in [0, 0.1) is 17.0 Å². The van der Waals surface area contributed by atoms with Gasteiger partial charge in [-0.2, -0.15) is 0 Å². The van der Waals surface area contributed by atoms with Gasteiger partial charge in [0.25, 0.3) is 0 Å². The minimum Gasteiger partial charge on any atom is -0.334 e. The Morgan fingerprint density at radius 3 is 2.65 bits per heavy atom. The number of anilines is 3. The van der Waals surface area contributed by atoms with E-state index < -0.39 is 4.92 Å². The number of nitrogens with two attached hydrogens (primary N) is 1. The zero-order chi connectivity index (χ0) is 14.7. The maximum atomic E-state index is 11.1. The first-order valence-corrected chi connectivity index (χ1v) is 6.31. The van der Waals surface area contributed by atoms with E-state index in [2.05, 4.69) is 36.6 Å². The van der Waals surface area contributed by atoms with Crippen molar-refractivity contribution >= 4 is 38.9 Å². The second-order valence-electron chi connectivity index (χ2n) is 3.91. The van der Waals surface area contributed by atoms with Crippen molar-refractivity contribution in [1.29, 1.82) is 0 Å². The number of aryl methyl sites for hydroxylation is 1. The van der Waals surface area contributed by atoms with Crippen molar-refractivity contribution in [3.63, 3.8) is 0 Å². The van der Waals surface area contributed by atoms with Crippen molar-refractivity contribution < 1.29 is 4.92 Å². The molecule has 20 heavy (non-hydrogen) atoms. The number of benzene rings is 1. The first-order chi connectivity index (χ1) is 9.52. The molecule has 2 aromatic rings. The summed E-state index contributed by atoms with van der Waals surface area (Å²) < 4.78 is 0.949. The Morgan fingerprint density at radius 2 is 2.05 bits per heavy atom. The van der Waals surface area contributed by atoms with Crippen LogP contribution in [0.25, 0.3) is 0 Å². The van der Waals surface area contributed by atoms with Crippen molar-refractivity contribution in [3.8, 4) is 0 Å². The smallest absolute Gasteiger partial charge is 0.334 e. The second-order valence-corrected chi connectivity index (χ2v) is 4.76. The third-order valence-electron chi connectivity index (χ3n) is 2.56. The zero-order valence-electron chi connectivity index (χ0n) is 10.4. The maximum absolute atomic E-state index is 11.1. The number of nitrogens with zero attached hydrogens (tertiary/aromatic N) is 3. The van der Waals surface area contributed by atoms with E-state index in [1.165, 1.54) is 6.33 Å². The van der Waals surface area contributed by atoms with Gasteiger partial charge in [0.1, 0.15) is 6.33 Å². The van der Waals surface area contributed by atoms with Crippen LogP contribution in [0.15, 0.2) is 29.0 Å². The van der Waals surface area contributed by atoms with Crippen LogP contribution in [0.3, 0.4) is 0 Å². The van der Waals surface area contributed by atoms with Gasteiger partial charge in [-0.15, -0.1) is 0 Å². The number of halogens is 1. The van der Waals surface area contributed by atoms with Gasteiger partial charge >= 0.3 is 5.69 Å². The predicted molar refractivity (Wildman–Crippen MR) is 78.7 cm³/mol. The van der Waals surface area contributed by atoms with E-state index in [9.17, 15) is 10.1 Å². The van der Waals surface area contributed by atoms with Gasteiger partial charge in [-0.05, 0) is 30.7 Å². The highest BCUT2D eigenvalue weighted by Crippen LogP contribution is 2.31. The molecule has 0 aliphatic carbocycles. The van der Waals surface area contributed by atoms with Crippen LogP contribution in [0.5, 0.6) is 0 Å². The summed E-state index contributed by atoms with van der Waals surface area (Å²) in [6.45, 7) is 1.91. The van der Waals surface area contributed by atoms with E-state index in [-0.39, 0.29) is 17.3 Å². The van der Waals surface area contributed by atoms with Crippen molar-refractivity contribution in [2.45, 2.75) is 6.92 Å². The lowest BCUT2D eigenvalue weighted by Gasteiger charge is -2.09. The normalized spacial score (nSPS) is 10.2. The molecule has 4 N–H and O–H groups in total. The highest BCUT2D eigenvalue weighted by Gasteiger charge is 2.22. The number of hydrogen-bond donors (Lipinski definition) is 3. The third kappa shape index (κ3) is 2.83. The Hall–Kier alpha value is -2.26. The topological polar surface area (TPSA) is 119 Å². The molecule has 0 radical (unpaired) electrons. The van der Waals surface area contributed by atoms with Gasteiger partial charge in [-0.3, -0.25) is 10.1 Å². The number of aromatic nitrogens is 2. The van der Waals surface area contributed by atoms with Gasteiger partial charge < -0.3 is 10.7 Å². The van der Waals surface area contributed by atoms with Crippen molar-refractivity contribution in [1.82, 2.24) is 9.97 Å². The minimum absolute atomic E-state index is 0.0543. The zero-order valence-corrected chi connectivity index (χ0v) is 12.0. The van der Waals surface area contributed by atoms with Gasteiger partial charge in [0.05, 0.1) is 4.92 Å². The molecule has 104 valence electrons. The Balaban J connectivity index is 2.42. The first-order valence-electron chi connectivity index (χ1n) is 5.52. The molecule has 0 atom stereocenters. The van der Waals surface area contributed by atoms with Crippen LogP contribution in [0.2, 0.25) is 0 Å². The van der Waals surface area contributed by atoms with Crippen LogP contribution in [-0.4, -0.2) is 14.9 Å². The van der Waals surface area contributed by atoms with Crippen LogP contribution >= 0.6 is 15.9 Å². The van der Waals surface area contributed by atoms with Gasteiger partial charge in [-0.25, -0.2) is 15.8 Å². The fourth-order valence-electron chi connectivity index (χ4n) is 1.61. The molecule has 0 aliphatic rings. The fourth-order valence-corrected chi connectivity index (χ4v) is 1.85. The summed E-state index contributed by atoms with van der Waals surface area (Å²) in [5.41, 5.74) is 3.54. The summed E-state index contributed by atoms with van der Waals surface area (Å²) >= 11 is 3.39. The van der Waals surface area contributed by atoms with Gasteiger partial charge in [0.2, 0.25) is 11.6 Å². The average molecular weight is 339 g/mol. The van der Waals surface area contributed by atoms with E-state index in [0.717, 1.165) is 10.0 Å². The molecule has 0 bridgehead atoms. The van der Waals surface area contributed by atoms with E-state index in [4.69, 9.17) is 5.84 Å². The Morgan fingerprint density at radius 1 is 1.35 bits per heavy atom. The second kappa shape index (κ2) is 5.80. The molecule has 2 rings (SSSR count). The summed E-state index contributed by atoms with van der Waals surface area (Å²) in [6, 6.07) is 5.46. The van der Waals surface area contributed by atoms with Crippen molar-refractivity contribution in [2.75, 3.05) is 10.7 Å². The molecule has 0 fully saturated rings. The van der Waals surface area contributed by atoms with E-state index >= 15 is 0 Å². The van der Waals surface area contributed by atoms with Crippen molar-refractivity contribution in [2.24, 2.45) is 5.84 Å². The molecule has 1 heterocycles. The lowest BCUT2D eigenvalue weighted by molar-refractivity contribution is -0.383. The van der Waals surface area contributed by atoms with E-state index in [1.807, 2.05) is 19.1 Å². The number of rotatable bonds is 4. The van der Waals surface area contributed by atoms with E-state index in [0.29, 0.717) is 5.69 Å².